The lowest BCUT2D eigenvalue weighted by atomic mass is 10.3. The molecule has 4 heteroatoms. The van der Waals surface area contributed by atoms with E-state index in [1.807, 2.05) is 6.92 Å². The number of hydrogen-bond acceptors (Lipinski definition) is 4. The van der Waals surface area contributed by atoms with E-state index < -0.39 is 12.1 Å². The minimum atomic E-state index is -0.580. The van der Waals surface area contributed by atoms with Crippen LogP contribution >= 0.6 is 0 Å². The lowest BCUT2D eigenvalue weighted by Gasteiger charge is -2.10. The minimum absolute atomic E-state index is 0.132. The Morgan fingerprint density at radius 3 is 2.53 bits per heavy atom. The topological polar surface area (TPSA) is 55.8 Å². The van der Waals surface area contributed by atoms with Gasteiger partial charge in [0.1, 0.15) is 11.5 Å². The van der Waals surface area contributed by atoms with E-state index in [1.165, 1.54) is 24.3 Å². The third-order valence-corrected chi connectivity index (χ3v) is 1.80. The van der Waals surface area contributed by atoms with E-state index in [1.54, 1.807) is 6.92 Å². The van der Waals surface area contributed by atoms with Crippen LogP contribution in [0.4, 0.5) is 0 Å². The summed E-state index contributed by atoms with van der Waals surface area (Å²) in [5, 5.41) is 9.02. The van der Waals surface area contributed by atoms with Crippen molar-refractivity contribution in [2.24, 2.45) is 0 Å². The number of ether oxygens (including phenoxy) is 2. The zero-order chi connectivity index (χ0) is 11.3. The molecule has 82 valence electrons. The molecular weight excluding hydrogens is 196 g/mol. The van der Waals surface area contributed by atoms with Crippen LogP contribution in [0.5, 0.6) is 11.5 Å². The molecule has 1 aromatic carbocycles. The molecular formula is C11H14O4. The van der Waals surface area contributed by atoms with Gasteiger partial charge in [-0.3, -0.25) is 0 Å². The minimum Gasteiger partial charge on any atom is -0.508 e. The summed E-state index contributed by atoms with van der Waals surface area (Å²) in [7, 11) is 0. The second kappa shape index (κ2) is 5.36. The Morgan fingerprint density at radius 2 is 2.00 bits per heavy atom. The first-order valence-electron chi connectivity index (χ1n) is 4.75. The summed E-state index contributed by atoms with van der Waals surface area (Å²) in [6, 6.07) is 5.94. The van der Waals surface area contributed by atoms with E-state index in [4.69, 9.17) is 14.6 Å². The van der Waals surface area contributed by atoms with Crippen molar-refractivity contribution in [3.8, 4) is 11.5 Å². The first kappa shape index (κ1) is 11.5. The van der Waals surface area contributed by atoms with Crippen LogP contribution in [-0.4, -0.2) is 23.8 Å². The molecule has 0 aromatic heterocycles. The second-order valence-corrected chi connectivity index (χ2v) is 3.01. The lowest BCUT2D eigenvalue weighted by Crippen LogP contribution is -2.25. The monoisotopic (exact) mass is 210 g/mol. The lowest BCUT2D eigenvalue weighted by molar-refractivity contribution is -0.145. The fraction of sp³-hybridized carbons (Fsp3) is 0.364. The highest BCUT2D eigenvalue weighted by Crippen LogP contribution is 2.16. The molecule has 0 fully saturated rings. The van der Waals surface area contributed by atoms with Crippen LogP contribution in [0, 0.1) is 0 Å². The average Bonchev–Trinajstić information content (AvgIpc) is 2.22. The third-order valence-electron chi connectivity index (χ3n) is 1.80. The summed E-state index contributed by atoms with van der Waals surface area (Å²) in [4.78, 5) is 11.4. The zero-order valence-corrected chi connectivity index (χ0v) is 8.77. The van der Waals surface area contributed by atoms with Crippen LogP contribution in [0.25, 0.3) is 0 Å². The van der Waals surface area contributed by atoms with E-state index in [2.05, 4.69) is 0 Å². The Bertz CT molecular complexity index is 318. The van der Waals surface area contributed by atoms with Gasteiger partial charge < -0.3 is 14.6 Å². The molecule has 0 saturated carbocycles. The maximum Gasteiger partial charge on any atom is 0.340 e. The molecule has 0 radical (unpaired) electrons. The van der Waals surface area contributed by atoms with Crippen molar-refractivity contribution in [3.05, 3.63) is 24.3 Å². The van der Waals surface area contributed by atoms with Crippen LogP contribution in [0.15, 0.2) is 24.3 Å². The van der Waals surface area contributed by atoms with Crippen LogP contribution in [0.2, 0.25) is 0 Å². The van der Waals surface area contributed by atoms with Gasteiger partial charge in [0.15, 0.2) is 6.10 Å². The average molecular weight is 210 g/mol. The largest absolute Gasteiger partial charge is 0.508 e. The normalized spacial score (nSPS) is 12.1. The molecule has 1 aromatic rings. The standard InChI is InChI=1S/C11H14O4/c1-3-14-8(2)11(13)15-10-6-4-9(12)5-7-10/h4-8,12H,3H2,1-2H3. The van der Waals surface area contributed by atoms with Crippen molar-refractivity contribution < 1.29 is 19.4 Å². The van der Waals surface area contributed by atoms with Crippen molar-refractivity contribution in [2.45, 2.75) is 20.0 Å². The number of rotatable bonds is 4. The zero-order valence-electron chi connectivity index (χ0n) is 8.77. The van der Waals surface area contributed by atoms with E-state index in [-0.39, 0.29) is 5.75 Å². The van der Waals surface area contributed by atoms with Gasteiger partial charge in [-0.1, -0.05) is 0 Å². The smallest absolute Gasteiger partial charge is 0.340 e. The van der Waals surface area contributed by atoms with E-state index in [9.17, 15) is 4.79 Å². The molecule has 1 N–H and O–H groups in total. The molecule has 0 bridgehead atoms. The summed E-state index contributed by atoms with van der Waals surface area (Å²) in [6.45, 7) is 3.91. The predicted octanol–water partition coefficient (Wildman–Crippen LogP) is 1.72. The maximum atomic E-state index is 11.4. The maximum absolute atomic E-state index is 11.4. The summed E-state index contributed by atoms with van der Waals surface area (Å²) >= 11 is 0. The number of carbonyl (C=O) groups excluding carboxylic acids is 1. The SMILES string of the molecule is CCOC(C)C(=O)Oc1ccc(O)cc1. The van der Waals surface area contributed by atoms with Gasteiger partial charge in [0, 0.05) is 6.61 Å². The highest BCUT2D eigenvalue weighted by Gasteiger charge is 2.14. The number of benzene rings is 1. The highest BCUT2D eigenvalue weighted by atomic mass is 16.6. The molecule has 1 atom stereocenters. The quantitative estimate of drug-likeness (QED) is 0.607. The Kier molecular flexibility index (Phi) is 4.12. The number of carbonyl (C=O) groups is 1. The third kappa shape index (κ3) is 3.59. The van der Waals surface area contributed by atoms with Gasteiger partial charge in [0.05, 0.1) is 0 Å². The van der Waals surface area contributed by atoms with E-state index in [0.717, 1.165) is 0 Å². The number of phenolic OH excluding ortho intramolecular Hbond substituents is 1. The summed E-state index contributed by atoms with van der Waals surface area (Å²) < 4.78 is 10.1. The molecule has 0 aliphatic heterocycles. The van der Waals surface area contributed by atoms with E-state index in [0.29, 0.717) is 12.4 Å². The van der Waals surface area contributed by atoms with Crippen molar-refractivity contribution >= 4 is 5.97 Å². The van der Waals surface area contributed by atoms with Crippen molar-refractivity contribution in [3.63, 3.8) is 0 Å². The fourth-order valence-corrected chi connectivity index (χ4v) is 1.03. The van der Waals surface area contributed by atoms with Gasteiger partial charge in [-0.25, -0.2) is 4.79 Å². The Hall–Kier alpha value is -1.55. The molecule has 0 spiro atoms. The second-order valence-electron chi connectivity index (χ2n) is 3.01. The van der Waals surface area contributed by atoms with Crippen LogP contribution < -0.4 is 4.74 Å². The number of hydrogen-bond donors (Lipinski definition) is 1. The van der Waals surface area contributed by atoms with Gasteiger partial charge in [-0.05, 0) is 38.1 Å². The Balaban J connectivity index is 2.54. The molecule has 0 amide bonds. The molecule has 0 saturated heterocycles. The van der Waals surface area contributed by atoms with Gasteiger partial charge >= 0.3 is 5.97 Å². The molecule has 4 nitrogen and oxygen atoms in total. The fourth-order valence-electron chi connectivity index (χ4n) is 1.03. The predicted molar refractivity (Wildman–Crippen MR) is 54.8 cm³/mol. The molecule has 1 rings (SSSR count). The molecule has 0 heterocycles. The highest BCUT2D eigenvalue weighted by molar-refractivity contribution is 5.76. The van der Waals surface area contributed by atoms with Gasteiger partial charge in [-0.2, -0.15) is 0 Å². The van der Waals surface area contributed by atoms with Crippen LogP contribution in [0.3, 0.4) is 0 Å². The summed E-state index contributed by atoms with van der Waals surface area (Å²) in [6.07, 6.45) is -0.580. The summed E-state index contributed by atoms with van der Waals surface area (Å²) in [5.74, 6) is 0.0829. The van der Waals surface area contributed by atoms with Crippen molar-refractivity contribution in [1.82, 2.24) is 0 Å². The first-order valence-corrected chi connectivity index (χ1v) is 4.75. The van der Waals surface area contributed by atoms with Crippen LogP contribution in [-0.2, 0) is 9.53 Å². The van der Waals surface area contributed by atoms with Crippen LogP contribution in [0.1, 0.15) is 13.8 Å². The Labute approximate surface area is 88.4 Å². The molecule has 0 aliphatic rings. The van der Waals surface area contributed by atoms with Crippen molar-refractivity contribution in [2.75, 3.05) is 6.61 Å². The van der Waals surface area contributed by atoms with Gasteiger partial charge in [0.2, 0.25) is 0 Å². The Morgan fingerprint density at radius 1 is 1.40 bits per heavy atom. The van der Waals surface area contributed by atoms with Gasteiger partial charge in [-0.15, -0.1) is 0 Å². The first-order chi connectivity index (χ1) is 7.13. The molecule has 0 aliphatic carbocycles. The van der Waals surface area contributed by atoms with E-state index >= 15 is 0 Å². The summed E-state index contributed by atoms with van der Waals surface area (Å²) in [5.41, 5.74) is 0. The van der Waals surface area contributed by atoms with Gasteiger partial charge in [0.25, 0.3) is 0 Å². The number of phenols is 1. The van der Waals surface area contributed by atoms with Crippen molar-refractivity contribution in [1.29, 1.82) is 0 Å². The number of esters is 1. The molecule has 15 heavy (non-hydrogen) atoms. The number of aromatic hydroxyl groups is 1. The molecule has 1 unspecified atom stereocenters.